The molecule has 0 radical (unpaired) electrons. The SMILES string of the molecule is COc1cc(C2C(C(=O)Nc3cccc(C)c3C)=C(C)Nc3nc(SCc4ccccc4Cl)nn32)ccc1OC(C)C. The molecule has 3 aromatic carbocycles. The van der Waals surface area contributed by atoms with E-state index < -0.39 is 6.04 Å². The molecule has 42 heavy (non-hydrogen) atoms. The van der Waals surface area contributed by atoms with Gasteiger partial charge in [-0.2, -0.15) is 4.98 Å². The fourth-order valence-electron chi connectivity index (χ4n) is 4.83. The monoisotopic (exact) mass is 603 g/mol. The number of hydrogen-bond acceptors (Lipinski definition) is 7. The van der Waals surface area contributed by atoms with Gasteiger partial charge in [0.25, 0.3) is 5.91 Å². The molecule has 5 rings (SSSR count). The first kappa shape index (κ1) is 29.5. The number of fused-ring (bicyclic) bond motifs is 1. The van der Waals surface area contributed by atoms with Gasteiger partial charge in [-0.05, 0) is 81.1 Å². The van der Waals surface area contributed by atoms with Crippen LogP contribution >= 0.6 is 23.4 Å². The molecular weight excluding hydrogens is 570 g/mol. The number of carbonyl (C=O) groups excluding carboxylic acids is 1. The van der Waals surface area contributed by atoms with Gasteiger partial charge in [-0.3, -0.25) is 4.79 Å². The number of benzene rings is 3. The van der Waals surface area contributed by atoms with E-state index in [2.05, 4.69) is 10.6 Å². The number of nitrogens with one attached hydrogen (secondary N) is 2. The van der Waals surface area contributed by atoms with E-state index in [1.807, 2.05) is 95.3 Å². The molecule has 0 aliphatic carbocycles. The Kier molecular flexibility index (Phi) is 8.80. The largest absolute Gasteiger partial charge is 0.493 e. The van der Waals surface area contributed by atoms with Gasteiger partial charge in [-0.15, -0.1) is 5.10 Å². The van der Waals surface area contributed by atoms with Crippen LogP contribution in [0, 0.1) is 13.8 Å². The summed E-state index contributed by atoms with van der Waals surface area (Å²) in [6.45, 7) is 9.83. The Balaban J connectivity index is 1.55. The van der Waals surface area contributed by atoms with Crippen molar-refractivity contribution in [1.29, 1.82) is 0 Å². The van der Waals surface area contributed by atoms with Crippen LogP contribution in [0.25, 0.3) is 0 Å². The molecule has 2 heterocycles. The first-order valence-corrected chi connectivity index (χ1v) is 15.0. The number of methoxy groups -OCH3 is 1. The van der Waals surface area contributed by atoms with Gasteiger partial charge in [0, 0.05) is 22.2 Å². The van der Waals surface area contributed by atoms with Gasteiger partial charge in [0.15, 0.2) is 11.5 Å². The first-order chi connectivity index (χ1) is 20.2. The zero-order valence-corrected chi connectivity index (χ0v) is 26.1. The van der Waals surface area contributed by atoms with Gasteiger partial charge in [-0.25, -0.2) is 4.68 Å². The highest BCUT2D eigenvalue weighted by Crippen LogP contribution is 2.40. The maximum Gasteiger partial charge on any atom is 0.255 e. The molecule has 1 amide bonds. The lowest BCUT2D eigenvalue weighted by atomic mass is 9.94. The van der Waals surface area contributed by atoms with E-state index >= 15 is 0 Å². The first-order valence-electron chi connectivity index (χ1n) is 13.7. The Bertz CT molecular complexity index is 1670. The molecule has 0 fully saturated rings. The highest BCUT2D eigenvalue weighted by molar-refractivity contribution is 7.98. The van der Waals surface area contributed by atoms with Crippen LogP contribution in [0.15, 0.2) is 77.1 Å². The molecule has 4 aromatic rings. The summed E-state index contributed by atoms with van der Waals surface area (Å²) in [4.78, 5) is 18.8. The quantitative estimate of drug-likeness (QED) is 0.191. The number of carbonyl (C=O) groups is 1. The third-order valence-corrected chi connectivity index (χ3v) is 8.37. The Hall–Kier alpha value is -3.95. The van der Waals surface area contributed by atoms with Gasteiger partial charge in [0.05, 0.1) is 18.8 Å². The van der Waals surface area contributed by atoms with Gasteiger partial charge >= 0.3 is 0 Å². The van der Waals surface area contributed by atoms with E-state index in [0.29, 0.717) is 44.6 Å². The van der Waals surface area contributed by atoms with Crippen LogP contribution in [-0.4, -0.2) is 33.9 Å². The number of aromatic nitrogens is 3. The van der Waals surface area contributed by atoms with Crippen LogP contribution in [-0.2, 0) is 10.5 Å². The fourth-order valence-corrected chi connectivity index (χ4v) is 5.95. The third-order valence-electron chi connectivity index (χ3n) is 7.11. The summed E-state index contributed by atoms with van der Waals surface area (Å²) in [5.41, 5.74) is 5.89. The average Bonchev–Trinajstić information content (AvgIpc) is 3.36. The van der Waals surface area contributed by atoms with Crippen molar-refractivity contribution in [1.82, 2.24) is 14.8 Å². The molecule has 0 spiro atoms. The van der Waals surface area contributed by atoms with Gasteiger partial charge in [0.2, 0.25) is 11.1 Å². The van der Waals surface area contributed by atoms with Crippen molar-refractivity contribution in [2.75, 3.05) is 17.7 Å². The van der Waals surface area contributed by atoms with Crippen molar-refractivity contribution in [2.45, 2.75) is 57.7 Å². The number of rotatable bonds is 9. The summed E-state index contributed by atoms with van der Waals surface area (Å²) in [5.74, 6) is 2.12. The minimum atomic E-state index is -0.574. The minimum absolute atomic E-state index is 0.0238. The van der Waals surface area contributed by atoms with E-state index in [1.54, 1.807) is 11.8 Å². The molecule has 1 unspecified atom stereocenters. The predicted molar refractivity (Wildman–Crippen MR) is 169 cm³/mol. The molecule has 0 saturated carbocycles. The molecule has 1 aliphatic rings. The van der Waals surface area contributed by atoms with Crippen LogP contribution in [0.3, 0.4) is 0 Å². The highest BCUT2D eigenvalue weighted by atomic mass is 35.5. The van der Waals surface area contributed by atoms with Gasteiger partial charge in [0.1, 0.15) is 6.04 Å². The minimum Gasteiger partial charge on any atom is -0.493 e. The number of ether oxygens (including phenoxy) is 2. The number of nitrogens with zero attached hydrogens (tertiary/aromatic N) is 3. The van der Waals surface area contributed by atoms with Crippen molar-refractivity contribution in [3.05, 3.63) is 99.2 Å². The number of amides is 1. The second-order valence-corrected chi connectivity index (χ2v) is 11.7. The van der Waals surface area contributed by atoms with Gasteiger partial charge in [-0.1, -0.05) is 59.8 Å². The van der Waals surface area contributed by atoms with Crippen molar-refractivity contribution in [3.63, 3.8) is 0 Å². The summed E-state index contributed by atoms with van der Waals surface area (Å²) in [6, 6.07) is 18.7. The molecule has 0 bridgehead atoms. The molecule has 1 atom stereocenters. The third kappa shape index (κ3) is 6.12. The van der Waals surface area contributed by atoms with Crippen molar-refractivity contribution in [3.8, 4) is 11.5 Å². The van der Waals surface area contributed by atoms with E-state index in [0.717, 1.165) is 27.9 Å². The summed E-state index contributed by atoms with van der Waals surface area (Å²) in [5, 5.41) is 12.6. The Labute approximate surface area is 255 Å². The van der Waals surface area contributed by atoms with Crippen LogP contribution in [0.2, 0.25) is 5.02 Å². The topological polar surface area (TPSA) is 90.3 Å². The maximum atomic E-state index is 14.0. The second-order valence-electron chi connectivity index (χ2n) is 10.4. The molecule has 1 aliphatic heterocycles. The lowest BCUT2D eigenvalue weighted by Crippen LogP contribution is -2.31. The number of thioether (sulfide) groups is 1. The summed E-state index contributed by atoms with van der Waals surface area (Å²) >= 11 is 7.86. The lowest BCUT2D eigenvalue weighted by molar-refractivity contribution is -0.113. The maximum absolute atomic E-state index is 14.0. The van der Waals surface area contributed by atoms with Crippen molar-refractivity contribution >= 4 is 40.9 Å². The van der Waals surface area contributed by atoms with E-state index in [4.69, 9.17) is 31.2 Å². The molecular formula is C32H34ClN5O3S. The lowest BCUT2D eigenvalue weighted by Gasteiger charge is -2.29. The number of anilines is 2. The molecule has 218 valence electrons. The molecule has 10 heteroatoms. The van der Waals surface area contributed by atoms with Gasteiger partial charge < -0.3 is 20.1 Å². The standard InChI is InChI=1S/C32H34ClN5O3S/c1-18(2)41-26-15-14-22(16-27(26)40-6)29-28(30(39)35-25-13-9-10-19(3)20(25)4)21(5)34-31-36-32(37-38(29)31)42-17-23-11-7-8-12-24(23)33/h7-16,18,29H,17H2,1-6H3,(H,35,39)(H,34,36,37). The normalized spacial score (nSPS) is 14.4. The molecule has 8 nitrogen and oxygen atoms in total. The Morgan fingerprint density at radius 2 is 1.88 bits per heavy atom. The zero-order valence-electron chi connectivity index (χ0n) is 24.5. The number of halogens is 1. The van der Waals surface area contributed by atoms with E-state index in [9.17, 15) is 4.79 Å². The zero-order chi connectivity index (χ0) is 30.0. The van der Waals surface area contributed by atoms with Crippen molar-refractivity contribution < 1.29 is 14.3 Å². The average molecular weight is 604 g/mol. The fraction of sp³-hybridized carbons (Fsp3) is 0.281. The van der Waals surface area contributed by atoms with E-state index in [-0.39, 0.29) is 12.0 Å². The Morgan fingerprint density at radius 3 is 2.62 bits per heavy atom. The van der Waals surface area contributed by atoms with Crippen LogP contribution in [0.1, 0.15) is 49.1 Å². The van der Waals surface area contributed by atoms with Crippen LogP contribution in [0.4, 0.5) is 11.6 Å². The second kappa shape index (κ2) is 12.5. The highest BCUT2D eigenvalue weighted by Gasteiger charge is 2.35. The smallest absolute Gasteiger partial charge is 0.255 e. The summed E-state index contributed by atoms with van der Waals surface area (Å²) in [6.07, 6.45) is -0.0238. The summed E-state index contributed by atoms with van der Waals surface area (Å²) in [7, 11) is 1.61. The summed E-state index contributed by atoms with van der Waals surface area (Å²) < 4.78 is 13.4. The van der Waals surface area contributed by atoms with Crippen molar-refractivity contribution in [2.24, 2.45) is 0 Å². The van der Waals surface area contributed by atoms with E-state index in [1.165, 1.54) is 11.8 Å². The number of aryl methyl sites for hydroxylation is 1. The predicted octanol–water partition coefficient (Wildman–Crippen LogP) is 7.56. The number of hydrogen-bond donors (Lipinski definition) is 2. The molecule has 1 aromatic heterocycles. The molecule has 0 saturated heterocycles. The van der Waals surface area contributed by atoms with Crippen LogP contribution < -0.4 is 20.1 Å². The Morgan fingerprint density at radius 1 is 1.10 bits per heavy atom. The van der Waals surface area contributed by atoms with Crippen LogP contribution in [0.5, 0.6) is 11.5 Å². The molecule has 2 N–H and O–H groups in total. The number of allylic oxidation sites excluding steroid dienone is 1.